The van der Waals surface area contributed by atoms with E-state index in [2.05, 4.69) is 10.3 Å². The second kappa shape index (κ2) is 5.60. The van der Waals surface area contributed by atoms with E-state index in [0.717, 1.165) is 5.01 Å². The summed E-state index contributed by atoms with van der Waals surface area (Å²) in [4.78, 5) is 4.02. The number of alkyl halides is 3. The van der Waals surface area contributed by atoms with Gasteiger partial charge in [-0.2, -0.15) is 13.2 Å². The maximum Gasteiger partial charge on any atom is 0.415 e. The number of halogens is 3. The Morgan fingerprint density at radius 1 is 1.56 bits per heavy atom. The van der Waals surface area contributed by atoms with Crippen LogP contribution >= 0.6 is 11.3 Å². The van der Waals surface area contributed by atoms with Gasteiger partial charge < -0.3 is 10.4 Å². The summed E-state index contributed by atoms with van der Waals surface area (Å²) in [5.74, 6) is 0. The zero-order valence-corrected chi connectivity index (χ0v) is 9.48. The van der Waals surface area contributed by atoms with Crippen molar-refractivity contribution in [2.45, 2.75) is 31.7 Å². The van der Waals surface area contributed by atoms with Crippen molar-refractivity contribution >= 4 is 11.3 Å². The van der Waals surface area contributed by atoms with Crippen LogP contribution in [0.3, 0.4) is 0 Å². The molecule has 0 fully saturated rings. The maximum absolute atomic E-state index is 12.0. The highest BCUT2D eigenvalue weighted by Crippen LogP contribution is 2.22. The zero-order chi connectivity index (χ0) is 12.2. The fourth-order valence-corrected chi connectivity index (χ4v) is 1.98. The number of aliphatic hydroxyl groups is 1. The smallest absolute Gasteiger partial charge is 0.382 e. The van der Waals surface area contributed by atoms with E-state index in [1.165, 1.54) is 11.3 Å². The molecule has 0 bridgehead atoms. The van der Waals surface area contributed by atoms with E-state index < -0.39 is 18.8 Å². The van der Waals surface area contributed by atoms with Crippen molar-refractivity contribution in [1.29, 1.82) is 0 Å². The van der Waals surface area contributed by atoms with Crippen molar-refractivity contribution in [2.75, 3.05) is 6.54 Å². The topological polar surface area (TPSA) is 45.1 Å². The van der Waals surface area contributed by atoms with Gasteiger partial charge in [-0.1, -0.05) is 6.92 Å². The minimum atomic E-state index is -4.58. The molecule has 3 nitrogen and oxygen atoms in total. The van der Waals surface area contributed by atoms with Crippen LogP contribution < -0.4 is 5.32 Å². The van der Waals surface area contributed by atoms with Crippen LogP contribution in [0, 0.1) is 0 Å². The number of hydrogen-bond donors (Lipinski definition) is 2. The molecule has 2 atom stereocenters. The lowest BCUT2D eigenvalue weighted by Crippen LogP contribution is -2.39. The molecule has 0 radical (unpaired) electrons. The van der Waals surface area contributed by atoms with Gasteiger partial charge in [-0.3, -0.25) is 0 Å². The van der Waals surface area contributed by atoms with Gasteiger partial charge in [0.25, 0.3) is 0 Å². The number of aliphatic hydroxyl groups excluding tert-OH is 1. The van der Waals surface area contributed by atoms with Gasteiger partial charge >= 0.3 is 6.18 Å². The summed E-state index contributed by atoms with van der Waals surface area (Å²) in [7, 11) is 0. The Morgan fingerprint density at radius 2 is 2.25 bits per heavy atom. The Morgan fingerprint density at radius 3 is 2.69 bits per heavy atom. The normalized spacial score (nSPS) is 16.1. The fourth-order valence-electron chi connectivity index (χ4n) is 1.18. The Bertz CT molecular complexity index is 302. The lowest BCUT2D eigenvalue weighted by atomic mass is 10.2. The van der Waals surface area contributed by atoms with Crippen molar-refractivity contribution in [3.8, 4) is 0 Å². The van der Waals surface area contributed by atoms with Crippen LogP contribution in [0.25, 0.3) is 0 Å². The molecule has 0 amide bonds. The minimum Gasteiger partial charge on any atom is -0.382 e. The second-order valence-electron chi connectivity index (χ2n) is 3.30. The first-order valence-corrected chi connectivity index (χ1v) is 5.70. The molecule has 0 saturated heterocycles. The van der Waals surface area contributed by atoms with E-state index in [-0.39, 0.29) is 6.04 Å². The van der Waals surface area contributed by atoms with E-state index in [1.807, 2.05) is 6.92 Å². The molecule has 0 aliphatic carbocycles. The van der Waals surface area contributed by atoms with Crippen LogP contribution in [0.2, 0.25) is 0 Å². The first kappa shape index (κ1) is 13.4. The van der Waals surface area contributed by atoms with Gasteiger partial charge in [0.1, 0.15) is 5.01 Å². The third-order valence-electron chi connectivity index (χ3n) is 2.09. The standard InChI is InChI=1S/C9H13F3N2OS/c1-2-6(8-13-3-4-16-8)14-5-7(15)9(10,11)12/h3-4,6-7,14-15H,2,5H2,1H3. The zero-order valence-electron chi connectivity index (χ0n) is 8.66. The van der Waals surface area contributed by atoms with E-state index in [9.17, 15) is 13.2 Å². The third kappa shape index (κ3) is 3.73. The Labute approximate surface area is 95.3 Å². The number of nitrogens with one attached hydrogen (secondary N) is 1. The molecule has 16 heavy (non-hydrogen) atoms. The lowest BCUT2D eigenvalue weighted by molar-refractivity contribution is -0.202. The first-order valence-electron chi connectivity index (χ1n) is 4.82. The van der Waals surface area contributed by atoms with Crippen LogP contribution in [0.5, 0.6) is 0 Å². The molecule has 0 aliphatic heterocycles. The average molecular weight is 254 g/mol. The summed E-state index contributed by atoms with van der Waals surface area (Å²) in [6, 6.07) is -0.239. The molecule has 0 aromatic carbocycles. The summed E-state index contributed by atoms with van der Waals surface area (Å²) in [5, 5.41) is 14.0. The van der Waals surface area contributed by atoms with Crippen LogP contribution in [0.1, 0.15) is 24.4 Å². The fraction of sp³-hybridized carbons (Fsp3) is 0.667. The molecule has 0 saturated carbocycles. The van der Waals surface area contributed by atoms with Gasteiger partial charge in [0.05, 0.1) is 6.04 Å². The number of nitrogens with zero attached hydrogens (tertiary/aromatic N) is 1. The van der Waals surface area contributed by atoms with Gasteiger partial charge in [0.15, 0.2) is 6.10 Å². The number of thiazole rings is 1. The highest BCUT2D eigenvalue weighted by molar-refractivity contribution is 7.09. The molecule has 7 heteroatoms. The van der Waals surface area contributed by atoms with Gasteiger partial charge in [0.2, 0.25) is 0 Å². The number of rotatable bonds is 5. The maximum atomic E-state index is 12.0. The molecule has 2 N–H and O–H groups in total. The Hall–Kier alpha value is -0.660. The highest BCUT2D eigenvalue weighted by atomic mass is 32.1. The molecule has 1 heterocycles. The molecular weight excluding hydrogens is 241 g/mol. The minimum absolute atomic E-state index is 0.239. The van der Waals surface area contributed by atoms with Gasteiger partial charge in [0, 0.05) is 18.1 Å². The quantitative estimate of drug-likeness (QED) is 0.846. The van der Waals surface area contributed by atoms with E-state index in [1.54, 1.807) is 11.6 Å². The molecule has 1 aromatic heterocycles. The predicted molar refractivity (Wildman–Crippen MR) is 55.2 cm³/mol. The SMILES string of the molecule is CCC(NCC(O)C(F)(F)F)c1nccs1. The monoisotopic (exact) mass is 254 g/mol. The summed E-state index contributed by atoms with van der Waals surface area (Å²) in [6.07, 6.45) is -4.68. The van der Waals surface area contributed by atoms with Gasteiger partial charge in [-0.15, -0.1) is 11.3 Å². The highest BCUT2D eigenvalue weighted by Gasteiger charge is 2.38. The van der Waals surface area contributed by atoms with Crippen LogP contribution in [0.4, 0.5) is 13.2 Å². The Balaban J connectivity index is 2.47. The number of hydrogen-bond acceptors (Lipinski definition) is 4. The average Bonchev–Trinajstić information content (AvgIpc) is 2.70. The van der Waals surface area contributed by atoms with Crippen LogP contribution in [0.15, 0.2) is 11.6 Å². The largest absolute Gasteiger partial charge is 0.415 e. The molecule has 0 aliphatic rings. The van der Waals surface area contributed by atoms with E-state index in [4.69, 9.17) is 5.11 Å². The summed E-state index contributed by atoms with van der Waals surface area (Å²) < 4.78 is 36.1. The van der Waals surface area contributed by atoms with Crippen molar-refractivity contribution in [3.63, 3.8) is 0 Å². The number of aromatic nitrogens is 1. The second-order valence-corrected chi connectivity index (χ2v) is 4.22. The third-order valence-corrected chi connectivity index (χ3v) is 2.98. The molecule has 0 spiro atoms. The molecule has 2 unspecified atom stereocenters. The molecule has 1 aromatic rings. The van der Waals surface area contributed by atoms with Crippen molar-refractivity contribution in [3.05, 3.63) is 16.6 Å². The predicted octanol–water partition coefficient (Wildman–Crippen LogP) is 2.11. The van der Waals surface area contributed by atoms with Crippen molar-refractivity contribution in [2.24, 2.45) is 0 Å². The van der Waals surface area contributed by atoms with Gasteiger partial charge in [-0.05, 0) is 6.42 Å². The summed E-state index contributed by atoms with van der Waals surface area (Å²) in [6.45, 7) is 1.33. The van der Waals surface area contributed by atoms with E-state index >= 15 is 0 Å². The summed E-state index contributed by atoms with van der Waals surface area (Å²) in [5.41, 5.74) is 0. The van der Waals surface area contributed by atoms with Gasteiger partial charge in [-0.25, -0.2) is 4.98 Å². The van der Waals surface area contributed by atoms with Crippen LogP contribution in [-0.4, -0.2) is 28.9 Å². The summed E-state index contributed by atoms with van der Waals surface area (Å²) >= 11 is 1.38. The first-order chi connectivity index (χ1) is 7.45. The molecular formula is C9H13F3N2OS. The lowest BCUT2D eigenvalue weighted by Gasteiger charge is -2.19. The van der Waals surface area contributed by atoms with Crippen LogP contribution in [-0.2, 0) is 0 Å². The molecule has 1 rings (SSSR count). The van der Waals surface area contributed by atoms with E-state index in [0.29, 0.717) is 6.42 Å². The Kier molecular flexibility index (Phi) is 4.69. The van der Waals surface area contributed by atoms with Crippen molar-refractivity contribution < 1.29 is 18.3 Å². The molecule has 92 valence electrons. The van der Waals surface area contributed by atoms with Crippen molar-refractivity contribution in [1.82, 2.24) is 10.3 Å².